The van der Waals surface area contributed by atoms with Gasteiger partial charge in [-0.1, -0.05) is 41.6 Å². The van der Waals surface area contributed by atoms with Gasteiger partial charge in [-0.25, -0.2) is 9.73 Å². The fourth-order valence-corrected chi connectivity index (χ4v) is 3.59. The van der Waals surface area contributed by atoms with Gasteiger partial charge in [0.15, 0.2) is 10.7 Å². The fraction of sp³-hybridized carbons (Fsp3) is 0.0625. The van der Waals surface area contributed by atoms with Gasteiger partial charge in [0, 0.05) is 4.90 Å². The van der Waals surface area contributed by atoms with E-state index in [9.17, 15) is 4.79 Å². The number of rotatable bonds is 2. The van der Waals surface area contributed by atoms with E-state index < -0.39 is 0 Å². The van der Waals surface area contributed by atoms with Crippen LogP contribution in [0.5, 0.6) is 0 Å². The topological polar surface area (TPSA) is 63.1 Å². The lowest BCUT2D eigenvalue weighted by Gasteiger charge is -2.03. The molecule has 0 fully saturated rings. The molecule has 0 atom stereocenters. The number of aryl methyl sites for hydroxylation is 1. The number of nitrogens with one attached hydrogen (secondary N) is 1. The Bertz CT molecular complexity index is 1100. The van der Waals surface area contributed by atoms with Crippen molar-refractivity contribution in [2.75, 3.05) is 0 Å². The molecule has 0 amide bonds. The van der Waals surface area contributed by atoms with E-state index in [1.165, 1.54) is 11.8 Å². The molecule has 0 unspecified atom stereocenters. The molecule has 0 aliphatic heterocycles. The summed E-state index contributed by atoms with van der Waals surface area (Å²) in [6.45, 7) is 1.98. The number of fused-ring (bicyclic) bond motifs is 3. The summed E-state index contributed by atoms with van der Waals surface area (Å²) in [7, 11) is 0. The van der Waals surface area contributed by atoms with Crippen LogP contribution in [0, 0.1) is 6.92 Å². The Morgan fingerprint density at radius 1 is 1.22 bits per heavy atom. The number of hydrogen-bond donors (Lipinski definition) is 1. The third-order valence-electron chi connectivity index (χ3n) is 3.53. The maximum Gasteiger partial charge on any atom is 0.281 e. The van der Waals surface area contributed by atoms with E-state index in [-0.39, 0.29) is 5.56 Å². The van der Waals surface area contributed by atoms with Crippen LogP contribution >= 0.6 is 23.4 Å². The molecule has 2 heterocycles. The summed E-state index contributed by atoms with van der Waals surface area (Å²) in [5.74, 6) is 0. The first-order chi connectivity index (χ1) is 11.1. The van der Waals surface area contributed by atoms with Crippen molar-refractivity contribution in [3.05, 3.63) is 63.4 Å². The van der Waals surface area contributed by atoms with Crippen LogP contribution in [0.2, 0.25) is 5.02 Å². The van der Waals surface area contributed by atoms with Crippen molar-refractivity contribution in [1.29, 1.82) is 0 Å². The number of aromatic nitrogens is 4. The van der Waals surface area contributed by atoms with E-state index in [4.69, 9.17) is 11.6 Å². The molecule has 4 aromatic rings. The van der Waals surface area contributed by atoms with Crippen LogP contribution in [-0.2, 0) is 0 Å². The number of para-hydroxylation sites is 1. The number of hydrogen-bond acceptors (Lipinski definition) is 4. The summed E-state index contributed by atoms with van der Waals surface area (Å²) in [5.41, 5.74) is 2.07. The molecule has 0 aliphatic carbocycles. The molecule has 0 spiro atoms. The Balaban J connectivity index is 1.90. The number of aromatic amines is 1. The summed E-state index contributed by atoms with van der Waals surface area (Å²) in [5, 5.41) is 9.01. The zero-order valence-corrected chi connectivity index (χ0v) is 13.6. The third kappa shape index (κ3) is 2.40. The predicted molar refractivity (Wildman–Crippen MR) is 91.4 cm³/mol. The summed E-state index contributed by atoms with van der Waals surface area (Å²) in [4.78, 5) is 17.2. The molecular weight excluding hydrogens is 332 g/mol. The lowest BCUT2D eigenvalue weighted by Crippen LogP contribution is -2.10. The van der Waals surface area contributed by atoms with Crippen molar-refractivity contribution in [2.45, 2.75) is 16.8 Å². The Morgan fingerprint density at radius 3 is 2.87 bits per heavy atom. The van der Waals surface area contributed by atoms with Crippen molar-refractivity contribution in [1.82, 2.24) is 19.8 Å². The lowest BCUT2D eigenvalue weighted by atomic mass is 10.2. The summed E-state index contributed by atoms with van der Waals surface area (Å²) in [6.07, 6.45) is 0. The van der Waals surface area contributed by atoms with Gasteiger partial charge in [0.1, 0.15) is 0 Å². The van der Waals surface area contributed by atoms with Crippen LogP contribution in [0.4, 0.5) is 0 Å². The zero-order chi connectivity index (χ0) is 16.0. The molecule has 23 heavy (non-hydrogen) atoms. The molecule has 114 valence electrons. The predicted octanol–water partition coefficient (Wildman–Crippen LogP) is 3.68. The van der Waals surface area contributed by atoms with E-state index in [1.54, 1.807) is 10.6 Å². The van der Waals surface area contributed by atoms with Crippen molar-refractivity contribution >= 4 is 39.9 Å². The largest absolute Gasteiger partial charge is 0.281 e. The Labute approximate surface area is 140 Å². The van der Waals surface area contributed by atoms with Gasteiger partial charge >= 0.3 is 0 Å². The molecule has 0 aliphatic rings. The van der Waals surface area contributed by atoms with Gasteiger partial charge in [-0.05, 0) is 36.8 Å². The van der Waals surface area contributed by atoms with E-state index in [1.807, 2.05) is 43.3 Å². The average Bonchev–Trinajstić information content (AvgIpc) is 2.93. The highest BCUT2D eigenvalue weighted by molar-refractivity contribution is 7.99. The molecule has 2 aromatic carbocycles. The first-order valence-electron chi connectivity index (χ1n) is 6.93. The molecule has 0 saturated heterocycles. The lowest BCUT2D eigenvalue weighted by molar-refractivity contribution is 0.857. The molecule has 4 rings (SSSR count). The molecule has 1 N–H and O–H groups in total. The summed E-state index contributed by atoms with van der Waals surface area (Å²) < 4.78 is 1.71. The van der Waals surface area contributed by atoms with Gasteiger partial charge in [0.2, 0.25) is 0 Å². The van der Waals surface area contributed by atoms with Gasteiger partial charge in [0.25, 0.3) is 5.56 Å². The van der Waals surface area contributed by atoms with Crippen molar-refractivity contribution in [3.8, 4) is 0 Å². The molecule has 2 aromatic heterocycles. The second kappa shape index (κ2) is 5.40. The minimum Gasteiger partial charge on any atom is -0.267 e. The van der Waals surface area contributed by atoms with Gasteiger partial charge in [-0.2, -0.15) is 4.98 Å². The highest BCUT2D eigenvalue weighted by Crippen LogP contribution is 2.34. The molecule has 0 bridgehead atoms. The zero-order valence-electron chi connectivity index (χ0n) is 12.1. The normalized spacial score (nSPS) is 11.4. The standard InChI is InChI=1S/C16H11ClN4OS/c1-9-6-7-13(11(17)8-9)23-16-14-18-15(22)10-4-2-3-5-12(10)21(14)20-19-16/h2-8,20H,1H3. The SMILES string of the molecule is Cc1ccc(Sc2n[nH]n3c2nc(=O)c2ccccc23)c(Cl)c1. The van der Waals surface area contributed by atoms with Crippen LogP contribution in [0.3, 0.4) is 0 Å². The van der Waals surface area contributed by atoms with Gasteiger partial charge in [-0.15, -0.1) is 5.10 Å². The number of nitrogens with zero attached hydrogens (tertiary/aromatic N) is 3. The highest BCUT2D eigenvalue weighted by atomic mass is 35.5. The van der Waals surface area contributed by atoms with E-state index in [0.717, 1.165) is 16.0 Å². The van der Waals surface area contributed by atoms with Crippen molar-refractivity contribution < 1.29 is 0 Å². The maximum atomic E-state index is 12.2. The summed E-state index contributed by atoms with van der Waals surface area (Å²) >= 11 is 7.66. The van der Waals surface area contributed by atoms with E-state index in [2.05, 4.69) is 15.3 Å². The van der Waals surface area contributed by atoms with Gasteiger partial charge in [0.05, 0.1) is 15.9 Å². The number of halogens is 1. The Hall–Kier alpha value is -2.31. The maximum absolute atomic E-state index is 12.2. The minimum atomic E-state index is -0.265. The van der Waals surface area contributed by atoms with Crippen LogP contribution < -0.4 is 5.56 Å². The quantitative estimate of drug-likeness (QED) is 0.603. The van der Waals surface area contributed by atoms with Crippen molar-refractivity contribution in [2.24, 2.45) is 0 Å². The molecule has 7 heteroatoms. The Morgan fingerprint density at radius 2 is 2.04 bits per heavy atom. The van der Waals surface area contributed by atoms with Crippen LogP contribution in [-0.4, -0.2) is 19.8 Å². The highest BCUT2D eigenvalue weighted by Gasteiger charge is 2.14. The number of H-pyrrole nitrogens is 1. The van der Waals surface area contributed by atoms with E-state index >= 15 is 0 Å². The van der Waals surface area contributed by atoms with Crippen LogP contribution in [0.25, 0.3) is 16.6 Å². The van der Waals surface area contributed by atoms with Crippen molar-refractivity contribution in [3.63, 3.8) is 0 Å². The molecule has 0 radical (unpaired) electrons. The molecular formula is C16H11ClN4OS. The monoisotopic (exact) mass is 342 g/mol. The fourth-order valence-electron chi connectivity index (χ4n) is 2.42. The first-order valence-corrected chi connectivity index (χ1v) is 8.13. The second-order valence-electron chi connectivity index (χ2n) is 5.15. The smallest absolute Gasteiger partial charge is 0.267 e. The first kappa shape index (κ1) is 14.3. The number of benzene rings is 2. The van der Waals surface area contributed by atoms with Gasteiger partial charge in [-0.3, -0.25) is 4.79 Å². The van der Waals surface area contributed by atoms with Crippen LogP contribution in [0.15, 0.2) is 57.2 Å². The Kier molecular flexibility index (Phi) is 3.36. The summed E-state index contributed by atoms with van der Waals surface area (Å²) in [6, 6.07) is 13.1. The van der Waals surface area contributed by atoms with E-state index in [0.29, 0.717) is 21.1 Å². The van der Waals surface area contributed by atoms with Crippen LogP contribution in [0.1, 0.15) is 5.56 Å². The average molecular weight is 343 g/mol. The minimum absolute atomic E-state index is 0.265. The third-order valence-corrected chi connectivity index (χ3v) is 5.00. The molecule has 5 nitrogen and oxygen atoms in total. The molecule has 0 saturated carbocycles. The van der Waals surface area contributed by atoms with Gasteiger partial charge < -0.3 is 0 Å². The second-order valence-corrected chi connectivity index (χ2v) is 6.58.